The van der Waals surface area contributed by atoms with Gasteiger partial charge >= 0.3 is 0 Å². The minimum Gasteiger partial charge on any atom is -0.454 e. The molecule has 0 fully saturated rings. The highest BCUT2D eigenvalue weighted by Crippen LogP contribution is 2.34. The molecule has 0 radical (unpaired) electrons. The molecule has 1 aliphatic heterocycles. The lowest BCUT2D eigenvalue weighted by Crippen LogP contribution is -2.03. The van der Waals surface area contributed by atoms with Crippen LogP contribution >= 0.6 is 0 Å². The number of hydrogen-bond donors (Lipinski definition) is 2. The molecule has 120 valence electrons. The molecule has 4 rings (SSSR count). The number of fused-ring (bicyclic) bond motifs is 1. The van der Waals surface area contributed by atoms with Gasteiger partial charge in [0.05, 0.1) is 0 Å². The summed E-state index contributed by atoms with van der Waals surface area (Å²) in [5.74, 6) is 2.90. The van der Waals surface area contributed by atoms with E-state index >= 15 is 0 Å². The number of benzene rings is 1. The first-order chi connectivity index (χ1) is 11.9. The van der Waals surface area contributed by atoms with Gasteiger partial charge in [-0.2, -0.15) is 0 Å². The summed E-state index contributed by atoms with van der Waals surface area (Å²) in [6.45, 7) is 0.906. The summed E-state index contributed by atoms with van der Waals surface area (Å²) < 4.78 is 10.7. The first-order valence-corrected chi connectivity index (χ1v) is 7.48. The van der Waals surface area contributed by atoms with Crippen molar-refractivity contribution in [2.75, 3.05) is 17.4 Å². The van der Waals surface area contributed by atoms with Crippen molar-refractivity contribution in [1.29, 1.82) is 0 Å². The quantitative estimate of drug-likeness (QED) is 0.747. The van der Waals surface area contributed by atoms with Crippen LogP contribution in [0.3, 0.4) is 0 Å². The predicted molar refractivity (Wildman–Crippen MR) is 89.4 cm³/mol. The molecule has 0 aliphatic carbocycles. The smallest absolute Gasteiger partial charge is 0.231 e. The van der Waals surface area contributed by atoms with Crippen molar-refractivity contribution in [2.45, 2.75) is 6.54 Å². The van der Waals surface area contributed by atoms with Gasteiger partial charge in [0.25, 0.3) is 0 Å². The fourth-order valence-corrected chi connectivity index (χ4v) is 2.34. The van der Waals surface area contributed by atoms with Crippen molar-refractivity contribution in [3.8, 4) is 11.5 Å². The van der Waals surface area contributed by atoms with E-state index in [9.17, 15) is 0 Å². The lowest BCUT2D eigenvalue weighted by atomic mass is 10.2. The molecule has 7 nitrogen and oxygen atoms in total. The molecule has 7 heteroatoms. The zero-order chi connectivity index (χ0) is 16.2. The maximum Gasteiger partial charge on any atom is 0.231 e. The molecule has 0 saturated heterocycles. The number of anilines is 3. The molecule has 1 aliphatic rings. The second-order valence-electron chi connectivity index (χ2n) is 5.20. The molecule has 24 heavy (non-hydrogen) atoms. The van der Waals surface area contributed by atoms with Crippen molar-refractivity contribution >= 4 is 17.3 Å². The van der Waals surface area contributed by atoms with Gasteiger partial charge in [-0.1, -0.05) is 6.07 Å². The second-order valence-corrected chi connectivity index (χ2v) is 5.20. The van der Waals surface area contributed by atoms with Crippen LogP contribution in [0, 0.1) is 0 Å². The number of hydrogen-bond acceptors (Lipinski definition) is 7. The second kappa shape index (κ2) is 6.41. The van der Waals surface area contributed by atoms with Crippen molar-refractivity contribution in [1.82, 2.24) is 15.0 Å². The monoisotopic (exact) mass is 321 g/mol. The van der Waals surface area contributed by atoms with Crippen LogP contribution in [0.5, 0.6) is 11.5 Å². The first-order valence-electron chi connectivity index (χ1n) is 7.48. The van der Waals surface area contributed by atoms with E-state index in [1.807, 2.05) is 42.6 Å². The first kappa shape index (κ1) is 14.3. The average molecular weight is 321 g/mol. The van der Waals surface area contributed by atoms with Crippen LogP contribution in [0.1, 0.15) is 5.56 Å². The SMILES string of the molecule is c1cncc(CNc2cc(Nc3ccc4c(c3)OCO4)ncn2)c1. The van der Waals surface area contributed by atoms with Gasteiger partial charge in [-0.05, 0) is 23.8 Å². The van der Waals surface area contributed by atoms with Crippen LogP contribution < -0.4 is 20.1 Å². The van der Waals surface area contributed by atoms with Gasteiger partial charge in [0.2, 0.25) is 6.79 Å². The van der Waals surface area contributed by atoms with Crippen LogP contribution in [0.25, 0.3) is 0 Å². The van der Waals surface area contributed by atoms with E-state index in [-0.39, 0.29) is 6.79 Å². The van der Waals surface area contributed by atoms with E-state index < -0.39 is 0 Å². The van der Waals surface area contributed by atoms with Gasteiger partial charge in [-0.25, -0.2) is 9.97 Å². The van der Waals surface area contributed by atoms with E-state index in [1.165, 1.54) is 6.33 Å². The minimum atomic E-state index is 0.259. The molecule has 3 aromatic rings. The Kier molecular flexibility index (Phi) is 3.81. The number of nitrogens with one attached hydrogen (secondary N) is 2. The number of aromatic nitrogens is 3. The molecule has 0 unspecified atom stereocenters. The third-order valence-corrected chi connectivity index (χ3v) is 3.51. The van der Waals surface area contributed by atoms with E-state index in [2.05, 4.69) is 25.6 Å². The summed E-state index contributed by atoms with van der Waals surface area (Å²) in [5, 5.41) is 6.49. The number of nitrogens with zero attached hydrogens (tertiary/aromatic N) is 3. The highest BCUT2D eigenvalue weighted by atomic mass is 16.7. The molecule has 0 bridgehead atoms. The van der Waals surface area contributed by atoms with Gasteiger partial charge in [0.15, 0.2) is 11.5 Å². The molecule has 2 aromatic heterocycles. The molecule has 0 spiro atoms. The summed E-state index contributed by atoms with van der Waals surface area (Å²) >= 11 is 0. The van der Waals surface area contributed by atoms with Crippen molar-refractivity contribution in [3.05, 3.63) is 60.7 Å². The fraction of sp³-hybridized carbons (Fsp3) is 0.118. The molecule has 0 atom stereocenters. The molecule has 1 aromatic carbocycles. The summed E-state index contributed by atoms with van der Waals surface area (Å²) in [4.78, 5) is 12.6. The third-order valence-electron chi connectivity index (χ3n) is 3.51. The van der Waals surface area contributed by atoms with Crippen LogP contribution in [-0.4, -0.2) is 21.7 Å². The van der Waals surface area contributed by atoms with E-state index in [1.54, 1.807) is 6.20 Å². The van der Waals surface area contributed by atoms with Gasteiger partial charge in [-0.15, -0.1) is 0 Å². The predicted octanol–water partition coefficient (Wildman–Crippen LogP) is 2.96. The van der Waals surface area contributed by atoms with Crippen molar-refractivity contribution in [2.24, 2.45) is 0 Å². The molecule has 0 amide bonds. The van der Waals surface area contributed by atoms with Gasteiger partial charge in [0.1, 0.15) is 18.0 Å². The largest absolute Gasteiger partial charge is 0.454 e. The van der Waals surface area contributed by atoms with Crippen molar-refractivity contribution in [3.63, 3.8) is 0 Å². The summed E-state index contributed by atoms with van der Waals surface area (Å²) in [6, 6.07) is 11.4. The average Bonchev–Trinajstić information content (AvgIpc) is 3.09. The van der Waals surface area contributed by atoms with Gasteiger partial charge in [-0.3, -0.25) is 4.98 Å². The Balaban J connectivity index is 1.44. The third kappa shape index (κ3) is 3.19. The number of rotatable bonds is 5. The Morgan fingerprint density at radius 3 is 2.83 bits per heavy atom. The Morgan fingerprint density at radius 1 is 1.00 bits per heavy atom. The van der Waals surface area contributed by atoms with E-state index in [4.69, 9.17) is 9.47 Å². The Labute approximate surface area is 138 Å². The summed E-state index contributed by atoms with van der Waals surface area (Å²) in [5.41, 5.74) is 1.96. The van der Waals surface area contributed by atoms with Crippen LogP contribution in [0.15, 0.2) is 55.1 Å². The molecule has 2 N–H and O–H groups in total. The normalized spacial score (nSPS) is 12.0. The van der Waals surface area contributed by atoms with E-state index in [0.29, 0.717) is 12.4 Å². The lowest BCUT2D eigenvalue weighted by molar-refractivity contribution is 0.174. The Hall–Kier alpha value is -3.35. The number of pyridine rings is 1. The maximum absolute atomic E-state index is 5.37. The maximum atomic E-state index is 5.37. The van der Waals surface area contributed by atoms with Crippen LogP contribution in [0.2, 0.25) is 0 Å². The Morgan fingerprint density at radius 2 is 1.92 bits per heavy atom. The zero-order valence-electron chi connectivity index (χ0n) is 12.8. The van der Waals surface area contributed by atoms with Crippen LogP contribution in [0.4, 0.5) is 17.3 Å². The fourth-order valence-electron chi connectivity index (χ4n) is 2.34. The highest BCUT2D eigenvalue weighted by molar-refractivity contribution is 5.63. The summed E-state index contributed by atoms with van der Waals surface area (Å²) in [7, 11) is 0. The van der Waals surface area contributed by atoms with Gasteiger partial charge < -0.3 is 20.1 Å². The lowest BCUT2D eigenvalue weighted by Gasteiger charge is -2.09. The molecule has 3 heterocycles. The van der Waals surface area contributed by atoms with Crippen molar-refractivity contribution < 1.29 is 9.47 Å². The zero-order valence-corrected chi connectivity index (χ0v) is 12.8. The summed E-state index contributed by atoms with van der Waals surface area (Å²) in [6.07, 6.45) is 5.09. The standard InChI is InChI=1S/C17H15N5O2/c1-2-12(8-18-5-1)9-19-16-7-17(21-10-20-16)22-13-3-4-14-15(6-13)24-11-23-14/h1-8,10H,9,11H2,(H2,19,20,21,22). The number of ether oxygens (including phenoxy) is 2. The van der Waals surface area contributed by atoms with Crippen LogP contribution in [-0.2, 0) is 6.54 Å². The molecular weight excluding hydrogens is 306 g/mol. The van der Waals surface area contributed by atoms with Gasteiger partial charge in [0, 0.05) is 36.8 Å². The molecular formula is C17H15N5O2. The topological polar surface area (TPSA) is 81.2 Å². The molecule has 0 saturated carbocycles. The highest BCUT2D eigenvalue weighted by Gasteiger charge is 2.13. The Bertz CT molecular complexity index is 841. The minimum absolute atomic E-state index is 0.259. The van der Waals surface area contributed by atoms with E-state index in [0.717, 1.165) is 28.6 Å².